The number of halogens is 2. The van der Waals surface area contributed by atoms with Crippen LogP contribution in [0.3, 0.4) is 0 Å². The number of anilines is 1. The first-order chi connectivity index (χ1) is 12.9. The number of hydrogen-bond acceptors (Lipinski definition) is 3. The van der Waals surface area contributed by atoms with Crippen LogP contribution in [-0.4, -0.2) is 55.0 Å². The van der Waals surface area contributed by atoms with E-state index in [1.165, 1.54) is 12.1 Å². The van der Waals surface area contributed by atoms with Gasteiger partial charge < -0.3 is 9.80 Å². The lowest BCUT2D eigenvalue weighted by Crippen LogP contribution is -2.54. The average molecular weight is 390 g/mol. The minimum Gasteiger partial charge on any atom is -0.369 e. The summed E-state index contributed by atoms with van der Waals surface area (Å²) in [6, 6.07) is 14.0. The van der Waals surface area contributed by atoms with E-state index in [4.69, 9.17) is 11.6 Å². The molecule has 1 fully saturated rings. The lowest BCUT2D eigenvalue weighted by Gasteiger charge is -2.39. The lowest BCUT2D eigenvalue weighted by atomic mass is 10.1. The smallest absolute Gasteiger partial charge is 0.239 e. The molecule has 1 saturated heterocycles. The van der Waals surface area contributed by atoms with Crippen molar-refractivity contribution in [1.29, 1.82) is 0 Å². The fourth-order valence-corrected chi connectivity index (χ4v) is 3.69. The minimum atomic E-state index is -0.279. The van der Waals surface area contributed by atoms with Crippen LogP contribution >= 0.6 is 11.6 Å². The van der Waals surface area contributed by atoms with Gasteiger partial charge in [0.1, 0.15) is 5.82 Å². The molecule has 4 nitrogen and oxygen atoms in total. The maximum Gasteiger partial charge on any atom is 0.239 e. The van der Waals surface area contributed by atoms with Gasteiger partial charge in [-0.2, -0.15) is 0 Å². The van der Waals surface area contributed by atoms with E-state index in [0.29, 0.717) is 6.54 Å². The highest BCUT2D eigenvalue weighted by molar-refractivity contribution is 6.30. The molecule has 1 aliphatic rings. The van der Waals surface area contributed by atoms with Crippen LogP contribution in [0.5, 0.6) is 0 Å². The third-order valence-corrected chi connectivity index (χ3v) is 5.31. The number of carbonyl (C=O) groups excluding carboxylic acids is 1. The molecule has 0 aromatic heterocycles. The number of carbonyl (C=O) groups is 1. The molecule has 1 heterocycles. The van der Waals surface area contributed by atoms with Gasteiger partial charge in [-0.25, -0.2) is 4.39 Å². The molecule has 144 valence electrons. The van der Waals surface area contributed by atoms with Crippen molar-refractivity contribution in [2.24, 2.45) is 0 Å². The van der Waals surface area contributed by atoms with Gasteiger partial charge in [0.25, 0.3) is 0 Å². The zero-order valence-corrected chi connectivity index (χ0v) is 16.5. The number of likely N-dealkylation sites (N-methyl/N-ethyl adjacent to an activating group) is 1. The Morgan fingerprint density at radius 2 is 1.85 bits per heavy atom. The van der Waals surface area contributed by atoms with Crippen LogP contribution in [0.2, 0.25) is 5.02 Å². The van der Waals surface area contributed by atoms with Gasteiger partial charge >= 0.3 is 0 Å². The Kier molecular flexibility index (Phi) is 6.34. The molecule has 0 bridgehead atoms. The van der Waals surface area contributed by atoms with Crippen molar-refractivity contribution in [2.45, 2.75) is 19.5 Å². The van der Waals surface area contributed by atoms with Crippen molar-refractivity contribution >= 4 is 23.2 Å². The highest BCUT2D eigenvalue weighted by atomic mass is 35.5. The molecule has 0 aliphatic carbocycles. The molecule has 0 spiro atoms. The fraction of sp³-hybridized carbons (Fsp3) is 0.381. The minimum absolute atomic E-state index is 0.0514. The third-order valence-electron chi connectivity index (χ3n) is 5.08. The van der Waals surface area contributed by atoms with E-state index in [1.54, 1.807) is 18.0 Å². The standard InChI is InChI=1S/C21H25ClFN3O/c1-16(21(27)24(2)15-17-5-3-7-19(23)13-17)25-9-11-26(12-10-25)20-8-4-6-18(22)14-20/h3-8,13-14,16H,9-12,15H2,1-2H3. The second-order valence-corrected chi connectivity index (χ2v) is 7.44. The molecule has 0 radical (unpaired) electrons. The van der Waals surface area contributed by atoms with Crippen LogP contribution in [0.4, 0.5) is 10.1 Å². The Balaban J connectivity index is 1.55. The number of rotatable bonds is 5. The molecule has 1 aliphatic heterocycles. The topological polar surface area (TPSA) is 26.8 Å². The van der Waals surface area contributed by atoms with Crippen molar-refractivity contribution in [1.82, 2.24) is 9.80 Å². The zero-order valence-electron chi connectivity index (χ0n) is 15.7. The average Bonchev–Trinajstić information content (AvgIpc) is 2.67. The van der Waals surface area contributed by atoms with Gasteiger partial charge in [0.05, 0.1) is 6.04 Å². The Morgan fingerprint density at radius 3 is 2.52 bits per heavy atom. The van der Waals surface area contributed by atoms with E-state index in [9.17, 15) is 9.18 Å². The normalized spacial score (nSPS) is 16.2. The third kappa shape index (κ3) is 4.99. The number of nitrogens with zero attached hydrogens (tertiary/aromatic N) is 3. The summed E-state index contributed by atoms with van der Waals surface area (Å²) >= 11 is 6.09. The molecular weight excluding hydrogens is 365 g/mol. The molecular formula is C21H25ClFN3O. The second-order valence-electron chi connectivity index (χ2n) is 7.00. The summed E-state index contributed by atoms with van der Waals surface area (Å²) in [6.45, 7) is 5.68. The zero-order chi connectivity index (χ0) is 19.4. The largest absolute Gasteiger partial charge is 0.369 e. The van der Waals surface area contributed by atoms with Gasteiger partial charge in [-0.05, 0) is 42.8 Å². The maximum atomic E-state index is 13.3. The Bertz CT molecular complexity index is 793. The number of piperazine rings is 1. The van der Waals surface area contributed by atoms with Gasteiger partial charge in [0.15, 0.2) is 0 Å². The number of amides is 1. The van der Waals surface area contributed by atoms with E-state index in [1.807, 2.05) is 31.2 Å². The number of benzene rings is 2. The van der Waals surface area contributed by atoms with Gasteiger partial charge in [-0.1, -0.05) is 29.8 Å². The Hall–Kier alpha value is -2.11. The Labute approximate surface area is 165 Å². The molecule has 2 aromatic rings. The van der Waals surface area contributed by atoms with E-state index in [-0.39, 0.29) is 17.8 Å². The molecule has 2 aromatic carbocycles. The summed E-state index contributed by atoms with van der Waals surface area (Å²) in [6.07, 6.45) is 0. The van der Waals surface area contributed by atoms with Gasteiger partial charge in [0, 0.05) is 50.5 Å². The van der Waals surface area contributed by atoms with E-state index in [0.717, 1.165) is 42.5 Å². The van der Waals surface area contributed by atoms with Crippen LogP contribution in [0, 0.1) is 5.82 Å². The first kappa shape index (κ1) is 19.6. The lowest BCUT2D eigenvalue weighted by molar-refractivity contribution is -0.135. The van der Waals surface area contributed by atoms with Crippen LogP contribution in [0.15, 0.2) is 48.5 Å². The first-order valence-corrected chi connectivity index (χ1v) is 9.56. The number of hydrogen-bond donors (Lipinski definition) is 0. The predicted molar refractivity (Wildman–Crippen MR) is 108 cm³/mol. The van der Waals surface area contributed by atoms with Gasteiger partial charge in [0.2, 0.25) is 5.91 Å². The van der Waals surface area contributed by atoms with Crippen LogP contribution in [-0.2, 0) is 11.3 Å². The molecule has 1 unspecified atom stereocenters. The predicted octanol–water partition coefficient (Wildman–Crippen LogP) is 3.65. The maximum absolute atomic E-state index is 13.3. The molecule has 27 heavy (non-hydrogen) atoms. The van der Waals surface area contributed by atoms with Gasteiger partial charge in [-0.3, -0.25) is 9.69 Å². The molecule has 6 heteroatoms. The van der Waals surface area contributed by atoms with E-state index < -0.39 is 0 Å². The first-order valence-electron chi connectivity index (χ1n) is 9.18. The summed E-state index contributed by atoms with van der Waals surface area (Å²) in [4.78, 5) is 18.9. The van der Waals surface area contributed by atoms with Crippen molar-refractivity contribution < 1.29 is 9.18 Å². The monoisotopic (exact) mass is 389 g/mol. The van der Waals surface area contributed by atoms with E-state index >= 15 is 0 Å². The van der Waals surface area contributed by atoms with Crippen molar-refractivity contribution in [3.63, 3.8) is 0 Å². The van der Waals surface area contributed by atoms with Crippen molar-refractivity contribution in [3.8, 4) is 0 Å². The molecule has 0 saturated carbocycles. The quantitative estimate of drug-likeness (QED) is 0.781. The summed E-state index contributed by atoms with van der Waals surface area (Å²) < 4.78 is 13.3. The van der Waals surface area contributed by atoms with E-state index in [2.05, 4.69) is 15.9 Å². The molecule has 1 atom stereocenters. The van der Waals surface area contributed by atoms with Crippen molar-refractivity contribution in [2.75, 3.05) is 38.1 Å². The summed E-state index contributed by atoms with van der Waals surface area (Å²) in [5, 5.41) is 0.734. The van der Waals surface area contributed by atoms with Crippen molar-refractivity contribution in [3.05, 3.63) is 64.9 Å². The summed E-state index contributed by atoms with van der Waals surface area (Å²) in [5.74, 6) is -0.228. The molecule has 3 rings (SSSR count). The molecule has 1 amide bonds. The van der Waals surface area contributed by atoms with Crippen LogP contribution in [0.25, 0.3) is 0 Å². The van der Waals surface area contributed by atoms with Crippen LogP contribution in [0.1, 0.15) is 12.5 Å². The Morgan fingerprint density at radius 1 is 1.15 bits per heavy atom. The van der Waals surface area contributed by atoms with Gasteiger partial charge in [-0.15, -0.1) is 0 Å². The van der Waals surface area contributed by atoms with Crippen LogP contribution < -0.4 is 4.90 Å². The highest BCUT2D eigenvalue weighted by Gasteiger charge is 2.27. The highest BCUT2D eigenvalue weighted by Crippen LogP contribution is 2.21. The SMILES string of the molecule is CC(C(=O)N(C)Cc1cccc(F)c1)N1CCN(c2cccc(Cl)c2)CC1. The summed E-state index contributed by atoms with van der Waals surface area (Å²) in [7, 11) is 1.77. The molecule has 0 N–H and O–H groups in total. The summed E-state index contributed by atoms with van der Waals surface area (Å²) in [5.41, 5.74) is 1.91. The fourth-order valence-electron chi connectivity index (χ4n) is 3.50. The second kappa shape index (κ2) is 8.72.